The summed E-state index contributed by atoms with van der Waals surface area (Å²) in [6.45, 7) is 1.42. The van der Waals surface area contributed by atoms with Crippen molar-refractivity contribution in [2.24, 2.45) is 11.8 Å². The largest absolute Gasteiger partial charge is 0.481 e. The van der Waals surface area contributed by atoms with Crippen molar-refractivity contribution in [1.82, 2.24) is 0 Å². The topological polar surface area (TPSA) is 95.5 Å². The molecule has 118 valence electrons. The lowest BCUT2D eigenvalue weighted by Gasteiger charge is -2.27. The van der Waals surface area contributed by atoms with Gasteiger partial charge in [-0.15, -0.1) is 0 Å². The fourth-order valence-corrected chi connectivity index (χ4v) is 2.82. The first-order valence-corrected chi connectivity index (χ1v) is 7.38. The molecule has 0 heterocycles. The van der Waals surface area contributed by atoms with E-state index in [0.29, 0.717) is 24.2 Å². The highest BCUT2D eigenvalue weighted by molar-refractivity contribution is 5.95. The van der Waals surface area contributed by atoms with Crippen molar-refractivity contribution in [2.45, 2.75) is 32.6 Å². The zero-order valence-electron chi connectivity index (χ0n) is 12.5. The SMILES string of the molecule is CC(=O)Nc1ccc(NC(=O)[C@H]2CCCC[C@@H]2C(=O)O)cc1. The lowest BCUT2D eigenvalue weighted by atomic mass is 9.78. The number of rotatable bonds is 4. The zero-order valence-corrected chi connectivity index (χ0v) is 12.5. The normalized spacial score (nSPS) is 21.0. The van der Waals surface area contributed by atoms with Gasteiger partial charge in [-0.25, -0.2) is 0 Å². The third-order valence-corrected chi connectivity index (χ3v) is 3.89. The molecule has 0 aromatic heterocycles. The van der Waals surface area contributed by atoms with Crippen molar-refractivity contribution >= 4 is 29.2 Å². The lowest BCUT2D eigenvalue weighted by molar-refractivity contribution is -0.147. The Hall–Kier alpha value is -2.37. The van der Waals surface area contributed by atoms with Gasteiger partial charge < -0.3 is 15.7 Å². The van der Waals surface area contributed by atoms with Gasteiger partial charge in [0.25, 0.3) is 0 Å². The molecule has 0 unspecified atom stereocenters. The highest BCUT2D eigenvalue weighted by atomic mass is 16.4. The number of anilines is 2. The van der Waals surface area contributed by atoms with Crippen LogP contribution < -0.4 is 10.6 Å². The number of amides is 2. The summed E-state index contributed by atoms with van der Waals surface area (Å²) in [5.41, 5.74) is 1.24. The Balaban J connectivity index is 2.01. The molecule has 0 spiro atoms. The van der Waals surface area contributed by atoms with E-state index in [-0.39, 0.29) is 11.8 Å². The van der Waals surface area contributed by atoms with E-state index in [0.717, 1.165) is 12.8 Å². The first-order chi connectivity index (χ1) is 10.5. The molecule has 1 fully saturated rings. The summed E-state index contributed by atoms with van der Waals surface area (Å²) in [6, 6.07) is 6.74. The standard InChI is InChI=1S/C16H20N2O4/c1-10(19)17-11-6-8-12(9-7-11)18-15(20)13-4-2-3-5-14(13)16(21)22/h6-9,13-14H,2-5H2,1H3,(H,17,19)(H,18,20)(H,21,22)/t13-,14-/m0/s1. The van der Waals surface area contributed by atoms with Crippen molar-refractivity contribution in [1.29, 1.82) is 0 Å². The average Bonchev–Trinajstić information content (AvgIpc) is 2.48. The Bertz CT molecular complexity index is 568. The van der Waals surface area contributed by atoms with E-state index >= 15 is 0 Å². The monoisotopic (exact) mass is 304 g/mol. The number of carboxylic acid groups (broad SMARTS) is 1. The molecule has 6 nitrogen and oxygen atoms in total. The van der Waals surface area contributed by atoms with Gasteiger partial charge in [0, 0.05) is 18.3 Å². The van der Waals surface area contributed by atoms with E-state index < -0.39 is 17.8 Å². The summed E-state index contributed by atoms with van der Waals surface area (Å²) >= 11 is 0. The molecule has 1 aliphatic carbocycles. The summed E-state index contributed by atoms with van der Waals surface area (Å²) < 4.78 is 0. The summed E-state index contributed by atoms with van der Waals surface area (Å²) in [4.78, 5) is 34.5. The van der Waals surface area contributed by atoms with E-state index in [2.05, 4.69) is 10.6 Å². The molecule has 6 heteroatoms. The van der Waals surface area contributed by atoms with Crippen LogP contribution in [0.15, 0.2) is 24.3 Å². The van der Waals surface area contributed by atoms with Crippen LogP contribution in [0.5, 0.6) is 0 Å². The van der Waals surface area contributed by atoms with Crippen LogP contribution in [0, 0.1) is 11.8 Å². The van der Waals surface area contributed by atoms with Crippen molar-refractivity contribution in [3.05, 3.63) is 24.3 Å². The summed E-state index contributed by atoms with van der Waals surface area (Å²) in [6.07, 6.45) is 2.89. The predicted octanol–water partition coefficient (Wildman–Crippen LogP) is 2.47. The van der Waals surface area contributed by atoms with Gasteiger partial charge in [-0.3, -0.25) is 14.4 Å². The van der Waals surface area contributed by atoms with Gasteiger partial charge in [-0.2, -0.15) is 0 Å². The smallest absolute Gasteiger partial charge is 0.307 e. The molecule has 0 bridgehead atoms. The average molecular weight is 304 g/mol. The molecular formula is C16H20N2O4. The molecule has 22 heavy (non-hydrogen) atoms. The molecule has 2 rings (SSSR count). The van der Waals surface area contributed by atoms with Crippen LogP contribution in [0.4, 0.5) is 11.4 Å². The first-order valence-electron chi connectivity index (χ1n) is 7.38. The summed E-state index contributed by atoms with van der Waals surface area (Å²) in [5, 5.41) is 14.6. The maximum Gasteiger partial charge on any atom is 0.307 e. The highest BCUT2D eigenvalue weighted by Gasteiger charge is 2.35. The Kier molecular flexibility index (Phi) is 5.14. The number of hydrogen-bond acceptors (Lipinski definition) is 3. The van der Waals surface area contributed by atoms with E-state index in [4.69, 9.17) is 0 Å². The van der Waals surface area contributed by atoms with E-state index in [1.54, 1.807) is 24.3 Å². The number of hydrogen-bond donors (Lipinski definition) is 3. The fraction of sp³-hybridized carbons (Fsp3) is 0.438. The molecule has 1 aromatic rings. The predicted molar refractivity (Wildman–Crippen MR) is 82.5 cm³/mol. The second-order valence-corrected chi connectivity index (χ2v) is 5.58. The van der Waals surface area contributed by atoms with Crippen molar-refractivity contribution < 1.29 is 19.5 Å². The van der Waals surface area contributed by atoms with Gasteiger partial charge >= 0.3 is 5.97 Å². The van der Waals surface area contributed by atoms with Gasteiger partial charge in [0.1, 0.15) is 0 Å². The molecule has 1 aromatic carbocycles. The minimum Gasteiger partial charge on any atom is -0.481 e. The number of carbonyl (C=O) groups excluding carboxylic acids is 2. The molecule has 2 atom stereocenters. The van der Waals surface area contributed by atoms with Gasteiger partial charge in [0.15, 0.2) is 0 Å². The van der Waals surface area contributed by atoms with Gasteiger partial charge in [0.2, 0.25) is 11.8 Å². The third kappa shape index (κ3) is 4.07. The van der Waals surface area contributed by atoms with Crippen LogP contribution in [0.1, 0.15) is 32.6 Å². The van der Waals surface area contributed by atoms with Gasteiger partial charge in [-0.1, -0.05) is 12.8 Å². The number of aliphatic carboxylic acids is 1. The molecule has 0 saturated heterocycles. The van der Waals surface area contributed by atoms with E-state index in [9.17, 15) is 19.5 Å². The third-order valence-electron chi connectivity index (χ3n) is 3.89. The van der Waals surface area contributed by atoms with E-state index in [1.807, 2.05) is 0 Å². The summed E-state index contributed by atoms with van der Waals surface area (Å²) in [7, 11) is 0. The van der Waals surface area contributed by atoms with E-state index in [1.165, 1.54) is 6.92 Å². The van der Waals surface area contributed by atoms with Crippen molar-refractivity contribution in [3.8, 4) is 0 Å². The van der Waals surface area contributed by atoms with Crippen molar-refractivity contribution in [2.75, 3.05) is 10.6 Å². The van der Waals surface area contributed by atoms with Crippen LogP contribution in [-0.4, -0.2) is 22.9 Å². The van der Waals surface area contributed by atoms with Crippen LogP contribution in [0.25, 0.3) is 0 Å². The zero-order chi connectivity index (χ0) is 16.1. The van der Waals surface area contributed by atoms with Crippen LogP contribution in [0.2, 0.25) is 0 Å². The second kappa shape index (κ2) is 7.06. The molecule has 1 aliphatic rings. The summed E-state index contributed by atoms with van der Waals surface area (Å²) in [5.74, 6) is -2.41. The quantitative estimate of drug-likeness (QED) is 0.796. The van der Waals surface area contributed by atoms with Gasteiger partial charge in [-0.05, 0) is 37.1 Å². The molecule has 1 saturated carbocycles. The molecule has 0 aliphatic heterocycles. The number of benzene rings is 1. The molecule has 2 amide bonds. The highest BCUT2D eigenvalue weighted by Crippen LogP contribution is 2.31. The second-order valence-electron chi connectivity index (χ2n) is 5.58. The van der Waals surface area contributed by atoms with Crippen LogP contribution in [-0.2, 0) is 14.4 Å². The number of carbonyl (C=O) groups is 3. The number of carboxylic acids is 1. The first kappa shape index (κ1) is 16.0. The number of nitrogens with one attached hydrogen (secondary N) is 2. The Labute approximate surface area is 128 Å². The minimum absolute atomic E-state index is 0.164. The van der Waals surface area contributed by atoms with Crippen molar-refractivity contribution in [3.63, 3.8) is 0 Å². The van der Waals surface area contributed by atoms with Crippen LogP contribution in [0.3, 0.4) is 0 Å². The Morgan fingerprint density at radius 3 is 1.95 bits per heavy atom. The molecular weight excluding hydrogens is 284 g/mol. The maximum absolute atomic E-state index is 12.3. The minimum atomic E-state index is -0.902. The van der Waals surface area contributed by atoms with Crippen LogP contribution >= 0.6 is 0 Å². The lowest BCUT2D eigenvalue weighted by Crippen LogP contribution is -2.36. The molecule has 0 radical (unpaired) electrons. The maximum atomic E-state index is 12.3. The Morgan fingerprint density at radius 2 is 1.45 bits per heavy atom. The molecule has 3 N–H and O–H groups in total. The fourth-order valence-electron chi connectivity index (χ4n) is 2.82. The Morgan fingerprint density at radius 1 is 0.955 bits per heavy atom. The van der Waals surface area contributed by atoms with Gasteiger partial charge in [0.05, 0.1) is 11.8 Å².